The van der Waals surface area contributed by atoms with Crippen LogP contribution in [0.25, 0.3) is 34.2 Å². The number of nitrogens with two attached hydrogens (primary N) is 1. The van der Waals surface area contributed by atoms with Gasteiger partial charge in [-0.25, -0.2) is 9.97 Å². The molecule has 0 radical (unpaired) electrons. The third-order valence-corrected chi connectivity index (χ3v) is 5.60. The molecule has 6 heteroatoms. The molecule has 0 unspecified atom stereocenters. The molecule has 1 heterocycles. The zero-order valence-corrected chi connectivity index (χ0v) is 19.8. The molecule has 34 heavy (non-hydrogen) atoms. The quantitative estimate of drug-likeness (QED) is 0.251. The molecule has 0 atom stereocenters. The monoisotopic (exact) mass is 472 g/mol. The van der Waals surface area contributed by atoms with Crippen LogP contribution in [0.1, 0.15) is 24.2 Å². The summed E-state index contributed by atoms with van der Waals surface area (Å²) in [6, 6.07) is 24.5. The predicted molar refractivity (Wildman–Crippen MR) is 143 cm³/mol. The van der Waals surface area contributed by atoms with E-state index in [1.54, 1.807) is 0 Å². The molecule has 1 aromatic heterocycles. The molecule has 4 rings (SSSR count). The highest BCUT2D eigenvalue weighted by molar-refractivity contribution is 6.31. The van der Waals surface area contributed by atoms with E-state index in [1.807, 2.05) is 48.6 Å². The average Bonchev–Trinajstić information content (AvgIpc) is 2.87. The van der Waals surface area contributed by atoms with Crippen LogP contribution in [0.3, 0.4) is 0 Å². The first kappa shape index (κ1) is 23.9. The molecule has 0 aliphatic heterocycles. The van der Waals surface area contributed by atoms with E-state index in [1.165, 1.54) is 11.1 Å². The molecule has 174 valence electrons. The van der Waals surface area contributed by atoms with Crippen LogP contribution in [-0.4, -0.2) is 36.3 Å². The van der Waals surface area contributed by atoms with E-state index in [2.05, 4.69) is 41.7 Å². The smallest absolute Gasteiger partial charge is 0.154 e. The number of anilines is 1. The Morgan fingerprint density at radius 1 is 0.853 bits per heavy atom. The maximum atomic E-state index is 6.22. The van der Waals surface area contributed by atoms with Gasteiger partial charge >= 0.3 is 0 Å². The molecule has 0 bridgehead atoms. The first-order valence-corrected chi connectivity index (χ1v) is 11.9. The molecular weight excluding hydrogens is 444 g/mol. The Morgan fingerprint density at radius 3 is 2.41 bits per heavy atom. The topological polar surface area (TPSA) is 73.1 Å². The van der Waals surface area contributed by atoms with Crippen molar-refractivity contribution in [2.75, 3.05) is 31.6 Å². The van der Waals surface area contributed by atoms with Gasteiger partial charge in [-0.2, -0.15) is 0 Å². The van der Waals surface area contributed by atoms with E-state index < -0.39 is 0 Å². The number of rotatable bonds is 11. The van der Waals surface area contributed by atoms with Gasteiger partial charge in [0.25, 0.3) is 0 Å². The first-order chi connectivity index (χ1) is 16.7. The second-order valence-electron chi connectivity index (χ2n) is 7.95. The number of nitrogens with one attached hydrogen (secondary N) is 1. The van der Waals surface area contributed by atoms with Crippen molar-refractivity contribution in [1.29, 1.82) is 0 Å². The molecule has 0 saturated heterocycles. The zero-order valence-electron chi connectivity index (χ0n) is 19.1. The number of nitrogens with zero attached hydrogens (tertiary/aromatic N) is 2. The van der Waals surface area contributed by atoms with E-state index in [0.29, 0.717) is 30.6 Å². The van der Waals surface area contributed by atoms with Crippen LogP contribution < -0.4 is 11.1 Å². The van der Waals surface area contributed by atoms with Crippen molar-refractivity contribution in [3.05, 3.63) is 89.2 Å². The van der Waals surface area contributed by atoms with Gasteiger partial charge in [0.2, 0.25) is 0 Å². The van der Waals surface area contributed by atoms with Crippen molar-refractivity contribution in [2.45, 2.75) is 12.8 Å². The fraction of sp³-hybridized carbons (Fsp3) is 0.214. The van der Waals surface area contributed by atoms with Crippen molar-refractivity contribution in [3.8, 4) is 11.1 Å². The summed E-state index contributed by atoms with van der Waals surface area (Å²) in [7, 11) is 0. The van der Waals surface area contributed by atoms with Gasteiger partial charge in [0.05, 0.1) is 5.52 Å². The molecule has 0 saturated carbocycles. The van der Waals surface area contributed by atoms with Crippen LogP contribution in [0.2, 0.25) is 5.02 Å². The van der Waals surface area contributed by atoms with Crippen molar-refractivity contribution in [2.24, 2.45) is 5.73 Å². The minimum Gasteiger partial charge on any atom is -0.381 e. The van der Waals surface area contributed by atoms with Gasteiger partial charge in [-0.05, 0) is 60.4 Å². The van der Waals surface area contributed by atoms with Crippen LogP contribution in [0, 0.1) is 0 Å². The van der Waals surface area contributed by atoms with Crippen LogP contribution in [0.5, 0.6) is 0 Å². The van der Waals surface area contributed by atoms with Gasteiger partial charge in [0, 0.05) is 30.2 Å². The lowest BCUT2D eigenvalue weighted by Crippen LogP contribution is -2.10. The number of hydrogen-bond donors (Lipinski definition) is 2. The zero-order chi connectivity index (χ0) is 23.6. The van der Waals surface area contributed by atoms with Crippen molar-refractivity contribution >= 4 is 40.5 Å². The normalized spacial score (nSPS) is 11.4. The molecule has 0 fully saturated rings. The third kappa shape index (κ3) is 6.64. The molecule has 4 aromatic rings. The van der Waals surface area contributed by atoms with Crippen molar-refractivity contribution in [3.63, 3.8) is 0 Å². The van der Waals surface area contributed by atoms with Gasteiger partial charge in [-0.1, -0.05) is 72.3 Å². The van der Waals surface area contributed by atoms with Crippen molar-refractivity contribution < 1.29 is 4.74 Å². The fourth-order valence-corrected chi connectivity index (χ4v) is 3.75. The summed E-state index contributed by atoms with van der Waals surface area (Å²) >= 11 is 6.22. The van der Waals surface area contributed by atoms with E-state index in [4.69, 9.17) is 32.0 Å². The van der Waals surface area contributed by atoms with Crippen LogP contribution in [0.15, 0.2) is 72.8 Å². The number of halogens is 1. The summed E-state index contributed by atoms with van der Waals surface area (Å²) in [5, 5.41) is 5.02. The van der Waals surface area contributed by atoms with Crippen molar-refractivity contribution in [1.82, 2.24) is 9.97 Å². The third-order valence-electron chi connectivity index (χ3n) is 5.37. The maximum Gasteiger partial charge on any atom is 0.154 e. The van der Waals surface area contributed by atoms with E-state index in [9.17, 15) is 0 Å². The molecule has 0 aliphatic rings. The molecule has 0 amide bonds. The summed E-state index contributed by atoms with van der Waals surface area (Å²) in [5.74, 6) is 1.42. The van der Waals surface area contributed by atoms with E-state index in [-0.39, 0.29) is 0 Å². The second kappa shape index (κ2) is 12.3. The molecular formula is C28H29ClN4O. The van der Waals surface area contributed by atoms with Crippen LogP contribution >= 0.6 is 11.6 Å². The Hall–Kier alpha value is -3.25. The highest BCUT2D eigenvalue weighted by Crippen LogP contribution is 2.25. The molecule has 3 aromatic carbocycles. The average molecular weight is 473 g/mol. The van der Waals surface area contributed by atoms with Gasteiger partial charge in [0.15, 0.2) is 5.82 Å². The summed E-state index contributed by atoms with van der Waals surface area (Å²) in [5.41, 5.74) is 9.77. The molecule has 0 aliphatic carbocycles. The maximum absolute atomic E-state index is 6.22. The second-order valence-corrected chi connectivity index (χ2v) is 8.38. The lowest BCUT2D eigenvalue weighted by Gasteiger charge is -2.10. The Bertz CT molecular complexity index is 1230. The fourth-order valence-electron chi connectivity index (χ4n) is 3.59. The molecule has 0 spiro atoms. The minimum absolute atomic E-state index is 0.628. The Labute approximate surface area is 205 Å². The molecule has 3 N–H and O–H groups in total. The van der Waals surface area contributed by atoms with Gasteiger partial charge in [0.1, 0.15) is 5.82 Å². The first-order valence-electron chi connectivity index (χ1n) is 11.6. The van der Waals surface area contributed by atoms with Crippen LogP contribution in [0.4, 0.5) is 5.82 Å². The highest BCUT2D eigenvalue weighted by atomic mass is 35.5. The number of hydrogen-bond acceptors (Lipinski definition) is 5. The Morgan fingerprint density at radius 2 is 1.62 bits per heavy atom. The number of ether oxygens (including phenoxy) is 1. The summed E-state index contributed by atoms with van der Waals surface area (Å²) in [4.78, 5) is 9.44. The number of aromatic nitrogens is 2. The van der Waals surface area contributed by atoms with Gasteiger partial charge in [-0.3, -0.25) is 0 Å². The standard InChI is InChI=1S/C28H29ClN4O/c29-24-13-14-25-26(20-24)32-27(33-28(25)31-17-5-19-34-18-4-16-30)15-10-21-8-11-23(12-9-21)22-6-2-1-3-7-22/h1-3,6-15,20H,4-5,16-19,30H2,(H,31,32,33)/b15-10+. The predicted octanol–water partition coefficient (Wildman–Crippen LogP) is 6.29. The van der Waals surface area contributed by atoms with Gasteiger partial charge in [-0.15, -0.1) is 0 Å². The van der Waals surface area contributed by atoms with Gasteiger partial charge < -0.3 is 15.8 Å². The summed E-state index contributed by atoms with van der Waals surface area (Å²) < 4.78 is 5.58. The van der Waals surface area contributed by atoms with E-state index >= 15 is 0 Å². The number of fused-ring (bicyclic) bond motifs is 1. The summed E-state index contributed by atoms with van der Waals surface area (Å²) in [6.45, 7) is 2.79. The lowest BCUT2D eigenvalue weighted by atomic mass is 10.0. The Balaban J connectivity index is 1.47. The molecule has 5 nitrogen and oxygen atoms in total. The summed E-state index contributed by atoms with van der Waals surface area (Å²) in [6.07, 6.45) is 5.71. The largest absolute Gasteiger partial charge is 0.381 e. The Kier molecular flexibility index (Phi) is 8.63. The SMILES string of the molecule is NCCCOCCCNc1nc(/C=C/c2ccc(-c3ccccc3)cc2)nc2cc(Cl)ccc12. The minimum atomic E-state index is 0.628. The van der Waals surface area contributed by atoms with Crippen LogP contribution in [-0.2, 0) is 4.74 Å². The number of benzene rings is 3. The highest BCUT2D eigenvalue weighted by Gasteiger charge is 2.07. The van der Waals surface area contributed by atoms with E-state index in [0.717, 1.165) is 41.7 Å². The lowest BCUT2D eigenvalue weighted by molar-refractivity contribution is 0.133.